The summed E-state index contributed by atoms with van der Waals surface area (Å²) in [6.45, 7) is 13.7. The Morgan fingerprint density at radius 2 is 1.68 bits per heavy atom. The molecule has 212 valence electrons. The van der Waals surface area contributed by atoms with Crippen LogP contribution in [0.4, 0.5) is 0 Å². The molecule has 38 heavy (non-hydrogen) atoms. The Bertz CT molecular complexity index is 997. The van der Waals surface area contributed by atoms with E-state index in [0.29, 0.717) is 32.4 Å². The van der Waals surface area contributed by atoms with Gasteiger partial charge >= 0.3 is 5.97 Å². The first kappa shape index (κ1) is 28.8. The highest BCUT2D eigenvalue weighted by atomic mass is 16.6. The van der Waals surface area contributed by atoms with Gasteiger partial charge in [0.25, 0.3) is 0 Å². The van der Waals surface area contributed by atoms with Gasteiger partial charge in [0.2, 0.25) is 11.8 Å². The zero-order chi connectivity index (χ0) is 27.9. The molecule has 2 amide bonds. The van der Waals surface area contributed by atoms with Crippen LogP contribution < -0.4 is 0 Å². The van der Waals surface area contributed by atoms with E-state index in [9.17, 15) is 14.4 Å². The Balaban J connectivity index is 1.77. The molecule has 1 N–H and O–H groups in total. The van der Waals surface area contributed by atoms with E-state index in [4.69, 9.17) is 14.6 Å². The summed E-state index contributed by atoms with van der Waals surface area (Å²) in [5.74, 6) is -2.46. The molecule has 4 rings (SSSR count). The molecule has 0 aromatic rings. The van der Waals surface area contributed by atoms with E-state index in [1.54, 1.807) is 4.90 Å². The van der Waals surface area contributed by atoms with Gasteiger partial charge < -0.3 is 24.4 Å². The summed E-state index contributed by atoms with van der Waals surface area (Å²) < 4.78 is 12.4. The van der Waals surface area contributed by atoms with Crippen molar-refractivity contribution in [2.75, 3.05) is 26.3 Å². The normalized spacial score (nSPS) is 33.4. The van der Waals surface area contributed by atoms with E-state index in [2.05, 4.69) is 34.6 Å². The van der Waals surface area contributed by atoms with Gasteiger partial charge in [0.05, 0.1) is 18.1 Å². The Kier molecular flexibility index (Phi) is 7.90. The number of aliphatic hydroxyl groups excluding tert-OH is 1. The number of fused-ring (bicyclic) bond motifs is 2. The zero-order valence-electron chi connectivity index (χ0n) is 24.0. The number of likely N-dealkylation sites (tertiary alicyclic amines) is 1. The number of hydrogen-bond acceptors (Lipinski definition) is 6. The number of cyclic esters (lactones) is 1. The van der Waals surface area contributed by atoms with Gasteiger partial charge in [-0.2, -0.15) is 0 Å². The molecule has 2 fully saturated rings. The van der Waals surface area contributed by atoms with Crippen molar-refractivity contribution in [1.82, 2.24) is 9.80 Å². The Morgan fingerprint density at radius 3 is 2.37 bits per heavy atom. The average Bonchev–Trinajstić information content (AvgIpc) is 3.10. The standard InChI is InChI=1S/C30H46N2O6/c1-27(2,3)20-28(4,5)32-17-13-15-30-21(22-26(36)37-19-12-9-14-29(22,6)38-30)24(34)31(23(30)25(32)35)16-10-7-8-11-18-33/h9,13-15,21-23,33H,7-8,10-12,16-20H2,1-6H3/t21-,22+,23?,29-,30-/m0/s1. The van der Waals surface area contributed by atoms with Crippen LogP contribution in [-0.2, 0) is 23.9 Å². The van der Waals surface area contributed by atoms with Crippen molar-refractivity contribution < 1.29 is 29.0 Å². The van der Waals surface area contributed by atoms with Crippen molar-refractivity contribution >= 4 is 17.8 Å². The summed E-state index contributed by atoms with van der Waals surface area (Å²) in [4.78, 5) is 45.7. The molecule has 5 atom stereocenters. The van der Waals surface area contributed by atoms with E-state index in [1.165, 1.54) is 0 Å². The van der Waals surface area contributed by atoms with E-state index in [1.807, 2.05) is 36.1 Å². The number of ether oxygens (including phenoxy) is 2. The lowest BCUT2D eigenvalue weighted by Crippen LogP contribution is -2.60. The maximum atomic E-state index is 14.6. The van der Waals surface area contributed by atoms with Crippen LogP contribution >= 0.6 is 0 Å². The lowest BCUT2D eigenvalue weighted by Gasteiger charge is -2.45. The highest BCUT2D eigenvalue weighted by molar-refractivity contribution is 5.99. The van der Waals surface area contributed by atoms with Crippen molar-refractivity contribution in [2.45, 2.75) is 103 Å². The van der Waals surface area contributed by atoms with Crippen LogP contribution in [-0.4, -0.2) is 81.8 Å². The third kappa shape index (κ3) is 5.06. The fraction of sp³-hybridized carbons (Fsp3) is 0.767. The molecule has 4 aliphatic rings. The lowest BCUT2D eigenvalue weighted by atomic mass is 9.74. The fourth-order valence-electron chi connectivity index (χ4n) is 7.41. The Labute approximate surface area is 227 Å². The third-order valence-electron chi connectivity index (χ3n) is 8.52. The van der Waals surface area contributed by atoms with Crippen molar-refractivity contribution in [2.24, 2.45) is 17.3 Å². The smallest absolute Gasteiger partial charge is 0.313 e. The zero-order valence-corrected chi connectivity index (χ0v) is 24.0. The number of carbonyl (C=O) groups excluding carboxylic acids is 3. The molecule has 0 aromatic carbocycles. The molecule has 1 unspecified atom stereocenters. The second kappa shape index (κ2) is 10.4. The predicted molar refractivity (Wildman–Crippen MR) is 144 cm³/mol. The molecule has 0 aromatic heterocycles. The number of aliphatic hydroxyl groups is 1. The summed E-state index contributed by atoms with van der Waals surface area (Å²) in [6.07, 6.45) is 12.1. The van der Waals surface area contributed by atoms with Gasteiger partial charge in [0.15, 0.2) is 0 Å². The van der Waals surface area contributed by atoms with Gasteiger partial charge in [-0.25, -0.2) is 0 Å². The lowest BCUT2D eigenvalue weighted by molar-refractivity contribution is -0.161. The number of carbonyl (C=O) groups is 3. The summed E-state index contributed by atoms with van der Waals surface area (Å²) in [5, 5.41) is 9.15. The molecule has 0 aliphatic carbocycles. The molecule has 0 saturated carbocycles. The SMILES string of the molecule is CC(C)(C)CC(C)(C)N1CC=C[C@]23O[C@@]4(C)C=CCCOC(=O)[C@H]4[C@H]2C(=O)N(CCCCCCO)C3C1=O. The van der Waals surface area contributed by atoms with Crippen LogP contribution in [0.15, 0.2) is 24.3 Å². The number of rotatable bonds is 8. The molecular formula is C30H46N2O6. The summed E-state index contributed by atoms with van der Waals surface area (Å²) >= 11 is 0. The minimum atomic E-state index is -1.25. The van der Waals surface area contributed by atoms with E-state index >= 15 is 0 Å². The first-order chi connectivity index (χ1) is 17.8. The third-order valence-corrected chi connectivity index (χ3v) is 8.52. The van der Waals surface area contributed by atoms with Gasteiger partial charge in [0, 0.05) is 25.2 Å². The number of esters is 1. The summed E-state index contributed by atoms with van der Waals surface area (Å²) in [6, 6.07) is -0.859. The summed E-state index contributed by atoms with van der Waals surface area (Å²) in [7, 11) is 0. The molecule has 4 heterocycles. The topological polar surface area (TPSA) is 96.4 Å². The van der Waals surface area contributed by atoms with Crippen LogP contribution in [0.1, 0.15) is 80.1 Å². The highest BCUT2D eigenvalue weighted by Crippen LogP contribution is 2.57. The maximum absolute atomic E-state index is 14.6. The quantitative estimate of drug-likeness (QED) is 0.293. The van der Waals surface area contributed by atoms with Crippen molar-refractivity contribution in [1.29, 1.82) is 0 Å². The molecule has 4 aliphatic heterocycles. The number of amides is 2. The van der Waals surface area contributed by atoms with Gasteiger partial charge in [-0.05, 0) is 51.9 Å². The van der Waals surface area contributed by atoms with Crippen molar-refractivity contribution in [3.8, 4) is 0 Å². The van der Waals surface area contributed by atoms with Crippen LogP contribution in [0.3, 0.4) is 0 Å². The number of nitrogens with zero attached hydrogens (tertiary/aromatic N) is 2. The highest BCUT2D eigenvalue weighted by Gasteiger charge is 2.74. The Hall–Kier alpha value is -2.19. The first-order valence-electron chi connectivity index (χ1n) is 14.2. The van der Waals surface area contributed by atoms with E-state index < -0.39 is 40.6 Å². The largest absolute Gasteiger partial charge is 0.465 e. The average molecular weight is 531 g/mol. The number of unbranched alkanes of at least 4 members (excludes halogenated alkanes) is 3. The van der Waals surface area contributed by atoms with Crippen molar-refractivity contribution in [3.63, 3.8) is 0 Å². The van der Waals surface area contributed by atoms with Gasteiger partial charge in [0.1, 0.15) is 17.6 Å². The minimum Gasteiger partial charge on any atom is -0.465 e. The molecule has 0 radical (unpaired) electrons. The van der Waals surface area contributed by atoms with Crippen molar-refractivity contribution in [3.05, 3.63) is 24.3 Å². The number of hydrogen-bond donors (Lipinski definition) is 1. The van der Waals surface area contributed by atoms with E-state index in [0.717, 1.165) is 19.3 Å². The van der Waals surface area contributed by atoms with Gasteiger partial charge in [-0.15, -0.1) is 0 Å². The van der Waals surface area contributed by atoms with Crippen LogP contribution in [0.25, 0.3) is 0 Å². The molecule has 8 nitrogen and oxygen atoms in total. The predicted octanol–water partition coefficient (Wildman–Crippen LogP) is 3.63. The minimum absolute atomic E-state index is 0.00472. The summed E-state index contributed by atoms with van der Waals surface area (Å²) in [5.41, 5.74) is -2.76. The molecule has 1 spiro atoms. The molecular weight excluding hydrogens is 484 g/mol. The van der Waals surface area contributed by atoms with Gasteiger partial charge in [-0.3, -0.25) is 14.4 Å². The van der Waals surface area contributed by atoms with Crippen LogP contribution in [0.5, 0.6) is 0 Å². The van der Waals surface area contributed by atoms with Gasteiger partial charge in [-0.1, -0.05) is 57.9 Å². The molecule has 8 heteroatoms. The van der Waals surface area contributed by atoms with Crippen LogP contribution in [0.2, 0.25) is 0 Å². The van der Waals surface area contributed by atoms with Crippen LogP contribution in [0, 0.1) is 17.3 Å². The Morgan fingerprint density at radius 1 is 0.974 bits per heavy atom. The fourth-order valence-corrected chi connectivity index (χ4v) is 7.41. The molecule has 0 bridgehead atoms. The first-order valence-corrected chi connectivity index (χ1v) is 14.2. The monoisotopic (exact) mass is 530 g/mol. The second-order valence-electron chi connectivity index (χ2n) is 13.4. The van der Waals surface area contributed by atoms with E-state index in [-0.39, 0.29) is 30.4 Å². The molecule has 2 saturated heterocycles. The maximum Gasteiger partial charge on any atom is 0.313 e. The second-order valence-corrected chi connectivity index (χ2v) is 13.4.